The molecule has 2 aromatic rings. The Morgan fingerprint density at radius 2 is 2.00 bits per heavy atom. The van der Waals surface area contributed by atoms with Gasteiger partial charge in [-0.1, -0.05) is 6.07 Å². The molecule has 2 aliphatic rings. The smallest absolute Gasteiger partial charge is 0.236 e. The van der Waals surface area contributed by atoms with Crippen LogP contribution in [0.1, 0.15) is 36.9 Å². The fourth-order valence-electron chi connectivity index (χ4n) is 4.40. The summed E-state index contributed by atoms with van der Waals surface area (Å²) in [6, 6.07) is 9.15. The van der Waals surface area contributed by atoms with Crippen LogP contribution in [0.3, 0.4) is 0 Å². The van der Waals surface area contributed by atoms with Crippen molar-refractivity contribution < 1.29 is 13.6 Å². The van der Waals surface area contributed by atoms with E-state index in [-0.39, 0.29) is 24.5 Å². The number of benzene rings is 1. The van der Waals surface area contributed by atoms with Gasteiger partial charge in [-0.2, -0.15) is 5.26 Å². The topological polar surface area (TPSA) is 72.3 Å². The number of hydrogen-bond acceptors (Lipinski definition) is 5. The number of halogens is 2. The third kappa shape index (κ3) is 3.98. The minimum Gasteiger partial charge on any atom is -0.347 e. The van der Waals surface area contributed by atoms with Gasteiger partial charge in [-0.3, -0.25) is 4.79 Å². The molecule has 6 nitrogen and oxygen atoms in total. The highest BCUT2D eigenvalue weighted by molar-refractivity contribution is 5.79. The van der Waals surface area contributed by atoms with Crippen LogP contribution < -0.4 is 10.2 Å². The second-order valence-corrected chi connectivity index (χ2v) is 7.88. The Kier molecular flexibility index (Phi) is 5.64. The van der Waals surface area contributed by atoms with E-state index in [9.17, 15) is 13.6 Å². The summed E-state index contributed by atoms with van der Waals surface area (Å²) in [7, 11) is 0. The molecule has 3 atom stereocenters. The van der Waals surface area contributed by atoms with Crippen LogP contribution >= 0.6 is 0 Å². The van der Waals surface area contributed by atoms with Crippen molar-refractivity contribution in [2.75, 3.05) is 24.5 Å². The predicted molar refractivity (Wildman–Crippen MR) is 108 cm³/mol. The van der Waals surface area contributed by atoms with E-state index in [1.165, 1.54) is 12.1 Å². The van der Waals surface area contributed by atoms with Crippen molar-refractivity contribution >= 4 is 11.7 Å². The number of hydrogen-bond donors (Lipinski definition) is 1. The summed E-state index contributed by atoms with van der Waals surface area (Å²) in [4.78, 5) is 21.3. The minimum atomic E-state index is -0.621. The number of nitrogens with zero attached hydrogens (tertiary/aromatic N) is 4. The van der Waals surface area contributed by atoms with Gasteiger partial charge >= 0.3 is 0 Å². The Bertz CT molecular complexity index is 960. The number of fused-ring (bicyclic) bond motifs is 2. The van der Waals surface area contributed by atoms with Crippen molar-refractivity contribution in [3.05, 3.63) is 59.3 Å². The van der Waals surface area contributed by atoms with Crippen molar-refractivity contribution in [2.45, 2.75) is 37.9 Å². The van der Waals surface area contributed by atoms with Crippen LogP contribution in [0, 0.1) is 23.0 Å². The Labute approximate surface area is 174 Å². The van der Waals surface area contributed by atoms with Crippen molar-refractivity contribution in [3.63, 3.8) is 0 Å². The lowest BCUT2D eigenvalue weighted by Gasteiger charge is -2.42. The highest BCUT2D eigenvalue weighted by Crippen LogP contribution is 2.34. The van der Waals surface area contributed by atoms with Gasteiger partial charge in [0.05, 0.1) is 12.1 Å². The van der Waals surface area contributed by atoms with Gasteiger partial charge in [0.1, 0.15) is 23.5 Å². The van der Waals surface area contributed by atoms with E-state index in [4.69, 9.17) is 5.26 Å². The maximum Gasteiger partial charge on any atom is 0.236 e. The maximum atomic E-state index is 13.9. The first-order chi connectivity index (χ1) is 14.5. The van der Waals surface area contributed by atoms with E-state index in [1.807, 2.05) is 11.0 Å². The van der Waals surface area contributed by atoms with Crippen LogP contribution in [0.4, 0.5) is 14.6 Å². The molecule has 2 aliphatic heterocycles. The summed E-state index contributed by atoms with van der Waals surface area (Å²) in [6.07, 6.45) is 3.55. The number of carbonyl (C=O) groups excluding carboxylic acids is 1. The van der Waals surface area contributed by atoms with Crippen LogP contribution in [-0.2, 0) is 4.79 Å². The van der Waals surface area contributed by atoms with Gasteiger partial charge in [0.15, 0.2) is 0 Å². The Morgan fingerprint density at radius 3 is 2.60 bits per heavy atom. The lowest BCUT2D eigenvalue weighted by molar-refractivity contribution is -0.131. The molecule has 1 aromatic carbocycles. The molecule has 30 heavy (non-hydrogen) atoms. The number of anilines is 1. The lowest BCUT2D eigenvalue weighted by atomic mass is 10.1. The number of amides is 1. The van der Waals surface area contributed by atoms with E-state index in [1.54, 1.807) is 19.2 Å². The molecule has 0 radical (unpaired) electrons. The largest absolute Gasteiger partial charge is 0.347 e. The number of carbonyl (C=O) groups is 1. The van der Waals surface area contributed by atoms with Crippen LogP contribution in [0.5, 0.6) is 0 Å². The molecule has 2 fully saturated rings. The standard InChI is InChI=1S/C22H23F2N5O/c1-14(19-6-3-16(23)8-20(19)24)26-11-22(30)28-12-17-4-5-18(13-28)29(17)21-7-2-15(9-25)10-27-21/h2-3,6-8,10,14,17-18,26H,4-5,11-13H2,1H3. The molecular formula is C22H23F2N5O. The molecule has 2 bridgehead atoms. The van der Waals surface area contributed by atoms with Crippen molar-refractivity contribution in [1.82, 2.24) is 15.2 Å². The highest BCUT2D eigenvalue weighted by Gasteiger charge is 2.41. The number of nitrogens with one attached hydrogen (secondary N) is 1. The molecule has 0 saturated carbocycles. The summed E-state index contributed by atoms with van der Waals surface area (Å²) in [6.45, 7) is 3.06. The van der Waals surface area contributed by atoms with E-state index < -0.39 is 17.7 Å². The predicted octanol–water partition coefficient (Wildman–Crippen LogP) is 2.76. The van der Waals surface area contributed by atoms with Crippen LogP contribution in [0.25, 0.3) is 0 Å². The third-order valence-electron chi connectivity index (χ3n) is 5.96. The van der Waals surface area contributed by atoms with Crippen LogP contribution in [0.15, 0.2) is 36.5 Å². The van der Waals surface area contributed by atoms with Gasteiger partial charge in [-0.25, -0.2) is 13.8 Å². The number of rotatable bonds is 5. The average molecular weight is 411 g/mol. The van der Waals surface area contributed by atoms with E-state index in [0.29, 0.717) is 24.2 Å². The zero-order chi connectivity index (χ0) is 21.3. The number of nitriles is 1. The van der Waals surface area contributed by atoms with E-state index >= 15 is 0 Å². The van der Waals surface area contributed by atoms with Crippen molar-refractivity contribution in [1.29, 1.82) is 5.26 Å². The number of piperazine rings is 1. The summed E-state index contributed by atoms with van der Waals surface area (Å²) >= 11 is 0. The first-order valence-electron chi connectivity index (χ1n) is 10.1. The molecule has 3 unspecified atom stereocenters. The third-order valence-corrected chi connectivity index (χ3v) is 5.96. The monoisotopic (exact) mass is 411 g/mol. The number of likely N-dealkylation sites (tertiary alicyclic amines) is 1. The number of aromatic nitrogens is 1. The van der Waals surface area contributed by atoms with Gasteiger partial charge in [-0.15, -0.1) is 0 Å². The summed E-state index contributed by atoms with van der Waals surface area (Å²) in [5.74, 6) is -0.436. The second kappa shape index (κ2) is 8.36. The number of pyridine rings is 1. The lowest BCUT2D eigenvalue weighted by Crippen LogP contribution is -2.57. The van der Waals surface area contributed by atoms with Gasteiger partial charge in [0.25, 0.3) is 0 Å². The first-order valence-corrected chi connectivity index (χ1v) is 10.1. The van der Waals surface area contributed by atoms with E-state index in [2.05, 4.69) is 21.3 Å². The highest BCUT2D eigenvalue weighted by atomic mass is 19.1. The van der Waals surface area contributed by atoms with Gasteiger partial charge in [-0.05, 0) is 38.0 Å². The van der Waals surface area contributed by atoms with E-state index in [0.717, 1.165) is 24.7 Å². The molecule has 3 heterocycles. The van der Waals surface area contributed by atoms with Crippen LogP contribution in [-0.4, -0.2) is 47.5 Å². The normalized spacial score (nSPS) is 21.4. The fraction of sp³-hybridized carbons (Fsp3) is 0.409. The molecular weight excluding hydrogens is 388 g/mol. The van der Waals surface area contributed by atoms with Gasteiger partial charge < -0.3 is 15.1 Å². The van der Waals surface area contributed by atoms with Gasteiger partial charge in [0, 0.05) is 49.0 Å². The van der Waals surface area contributed by atoms with Crippen molar-refractivity contribution in [3.8, 4) is 6.07 Å². The molecule has 0 aliphatic carbocycles. The van der Waals surface area contributed by atoms with Gasteiger partial charge in [0.2, 0.25) is 5.91 Å². The Hall–Kier alpha value is -3.05. The first kappa shape index (κ1) is 20.2. The van der Waals surface area contributed by atoms with Crippen LogP contribution in [0.2, 0.25) is 0 Å². The SMILES string of the molecule is CC(NCC(=O)N1CC2CCC(C1)N2c1ccc(C#N)cn1)c1ccc(F)cc1F. The second-order valence-electron chi connectivity index (χ2n) is 7.88. The molecule has 0 spiro atoms. The molecule has 1 amide bonds. The summed E-state index contributed by atoms with van der Waals surface area (Å²) in [5.41, 5.74) is 0.860. The zero-order valence-corrected chi connectivity index (χ0v) is 16.7. The Morgan fingerprint density at radius 1 is 1.27 bits per heavy atom. The maximum absolute atomic E-state index is 13.9. The molecule has 8 heteroatoms. The Balaban J connectivity index is 1.36. The zero-order valence-electron chi connectivity index (χ0n) is 16.7. The fourth-order valence-corrected chi connectivity index (χ4v) is 4.40. The van der Waals surface area contributed by atoms with Crippen molar-refractivity contribution in [2.24, 2.45) is 0 Å². The molecule has 1 aromatic heterocycles. The molecule has 1 N–H and O–H groups in total. The molecule has 2 saturated heterocycles. The summed E-state index contributed by atoms with van der Waals surface area (Å²) < 4.78 is 27.0. The molecule has 4 rings (SSSR count). The quantitative estimate of drug-likeness (QED) is 0.819. The minimum absolute atomic E-state index is 0.0336. The molecule has 156 valence electrons. The average Bonchev–Trinajstić information content (AvgIpc) is 3.00. The summed E-state index contributed by atoms with van der Waals surface area (Å²) in [5, 5.41) is 12.0.